The molecule has 2 N–H and O–H groups in total. The van der Waals surface area contributed by atoms with Crippen molar-refractivity contribution in [3.05, 3.63) is 0 Å². The highest BCUT2D eigenvalue weighted by molar-refractivity contribution is 5.65. The van der Waals surface area contributed by atoms with Gasteiger partial charge in [-0.15, -0.1) is 0 Å². The van der Waals surface area contributed by atoms with Gasteiger partial charge in [-0.1, -0.05) is 0 Å². The van der Waals surface area contributed by atoms with E-state index in [-0.39, 0.29) is 0 Å². The zero-order chi connectivity index (χ0) is 9.90. The molecule has 0 aliphatic carbocycles. The summed E-state index contributed by atoms with van der Waals surface area (Å²) in [6, 6.07) is 0. The van der Waals surface area contributed by atoms with Crippen molar-refractivity contribution in [3.63, 3.8) is 0 Å². The molecular weight excluding hydrogens is 170 g/mol. The second-order valence-corrected chi connectivity index (χ2v) is 3.91. The van der Waals surface area contributed by atoms with Gasteiger partial charge in [0.15, 0.2) is 0 Å². The third-order valence-corrected chi connectivity index (χ3v) is 2.57. The molecule has 1 aliphatic rings. The summed E-state index contributed by atoms with van der Waals surface area (Å²) in [5.74, 6) is 0.355. The van der Waals surface area contributed by atoms with Crippen LogP contribution in [0, 0.1) is 5.92 Å². The molecule has 13 heavy (non-hydrogen) atoms. The number of carbonyl (C=O) groups excluding carboxylic acids is 1. The molecule has 1 rings (SSSR count). The van der Waals surface area contributed by atoms with Crippen LogP contribution >= 0.6 is 0 Å². The van der Waals surface area contributed by atoms with Crippen molar-refractivity contribution in [2.45, 2.75) is 32.3 Å². The minimum absolute atomic E-state index is 0.355. The predicted octanol–water partition coefficient (Wildman–Crippen LogP) is 1.29. The van der Waals surface area contributed by atoms with Crippen LogP contribution in [0.5, 0.6) is 0 Å². The van der Waals surface area contributed by atoms with Crippen molar-refractivity contribution in [3.8, 4) is 0 Å². The van der Waals surface area contributed by atoms with Gasteiger partial charge in [0, 0.05) is 19.1 Å². The molecule has 1 amide bonds. The van der Waals surface area contributed by atoms with Crippen molar-refractivity contribution >= 4 is 6.09 Å². The minimum atomic E-state index is -0.698. The van der Waals surface area contributed by atoms with E-state index in [1.54, 1.807) is 0 Å². The number of ether oxygens (including phenoxy) is 2. The maximum Gasteiger partial charge on any atom is 0.405 e. The summed E-state index contributed by atoms with van der Waals surface area (Å²) in [5, 5.41) is 0. The Morgan fingerprint density at radius 2 is 2.00 bits per heavy atom. The third-order valence-electron chi connectivity index (χ3n) is 2.57. The molecule has 4 heteroatoms. The van der Waals surface area contributed by atoms with Gasteiger partial charge in [-0.3, -0.25) is 0 Å². The van der Waals surface area contributed by atoms with Gasteiger partial charge < -0.3 is 15.2 Å². The molecule has 0 atom stereocenters. The second kappa shape index (κ2) is 3.96. The summed E-state index contributed by atoms with van der Waals surface area (Å²) in [7, 11) is 0. The molecule has 0 aromatic rings. The van der Waals surface area contributed by atoms with E-state index < -0.39 is 11.7 Å². The summed E-state index contributed by atoms with van der Waals surface area (Å²) in [6.45, 7) is 5.29. The first kappa shape index (κ1) is 10.3. The summed E-state index contributed by atoms with van der Waals surface area (Å²) in [5.41, 5.74) is 4.53. The summed E-state index contributed by atoms with van der Waals surface area (Å²) >= 11 is 0. The molecule has 0 saturated carbocycles. The third kappa shape index (κ3) is 2.88. The Bertz CT molecular complexity index is 185. The normalized spacial score (nSPS) is 19.8. The van der Waals surface area contributed by atoms with Gasteiger partial charge >= 0.3 is 6.09 Å². The molecule has 0 aromatic heterocycles. The summed E-state index contributed by atoms with van der Waals surface area (Å²) in [4.78, 5) is 10.6. The molecule has 4 nitrogen and oxygen atoms in total. The van der Waals surface area contributed by atoms with Crippen LogP contribution in [0.3, 0.4) is 0 Å². The maximum atomic E-state index is 10.6. The number of primary amides is 1. The Kier molecular flexibility index (Phi) is 3.14. The van der Waals surface area contributed by atoms with Gasteiger partial charge in [0.05, 0.1) is 0 Å². The first-order valence-corrected chi connectivity index (χ1v) is 4.58. The van der Waals surface area contributed by atoms with Crippen molar-refractivity contribution in [1.82, 2.24) is 0 Å². The van der Waals surface area contributed by atoms with Crippen LogP contribution in [0.1, 0.15) is 26.7 Å². The van der Waals surface area contributed by atoms with Crippen molar-refractivity contribution in [2.24, 2.45) is 11.7 Å². The Labute approximate surface area is 78.4 Å². The number of amides is 1. The van der Waals surface area contributed by atoms with E-state index in [9.17, 15) is 4.79 Å². The van der Waals surface area contributed by atoms with E-state index >= 15 is 0 Å². The minimum Gasteiger partial charge on any atom is -0.443 e. The van der Waals surface area contributed by atoms with E-state index in [1.807, 2.05) is 13.8 Å². The second-order valence-electron chi connectivity index (χ2n) is 3.91. The molecular formula is C9H17NO3. The highest BCUT2D eigenvalue weighted by atomic mass is 16.6. The van der Waals surface area contributed by atoms with Crippen molar-refractivity contribution in [2.75, 3.05) is 13.2 Å². The van der Waals surface area contributed by atoms with Gasteiger partial charge in [0.2, 0.25) is 0 Å². The number of rotatable bonds is 2. The first-order valence-electron chi connectivity index (χ1n) is 4.58. The predicted molar refractivity (Wildman–Crippen MR) is 48.3 cm³/mol. The average Bonchev–Trinajstić information content (AvgIpc) is 2.04. The lowest BCUT2D eigenvalue weighted by Gasteiger charge is -2.35. The van der Waals surface area contributed by atoms with Crippen LogP contribution in [0.15, 0.2) is 0 Å². The molecule has 76 valence electrons. The summed E-state index contributed by atoms with van der Waals surface area (Å²) < 4.78 is 10.3. The molecule has 0 radical (unpaired) electrons. The smallest absolute Gasteiger partial charge is 0.405 e. The van der Waals surface area contributed by atoms with E-state index in [2.05, 4.69) is 0 Å². The van der Waals surface area contributed by atoms with Gasteiger partial charge in [-0.05, 0) is 26.7 Å². The van der Waals surface area contributed by atoms with E-state index in [0.717, 1.165) is 26.1 Å². The topological polar surface area (TPSA) is 61.5 Å². The molecule has 1 aliphatic heterocycles. The Balaban J connectivity index is 2.50. The van der Waals surface area contributed by atoms with E-state index in [4.69, 9.17) is 15.2 Å². The number of hydrogen-bond acceptors (Lipinski definition) is 3. The van der Waals surface area contributed by atoms with E-state index in [1.165, 1.54) is 0 Å². The molecule has 1 fully saturated rings. The molecule has 0 bridgehead atoms. The Morgan fingerprint density at radius 3 is 2.46 bits per heavy atom. The standard InChI is InChI=1S/C9H17NO3/c1-9(2,13-8(10)11)7-3-5-12-6-4-7/h7H,3-6H2,1-2H3,(H2,10,11). The molecule has 0 spiro atoms. The summed E-state index contributed by atoms with van der Waals surface area (Å²) in [6.07, 6.45) is 1.16. The fourth-order valence-electron chi connectivity index (χ4n) is 1.74. The van der Waals surface area contributed by atoms with Crippen molar-refractivity contribution < 1.29 is 14.3 Å². The monoisotopic (exact) mass is 187 g/mol. The largest absolute Gasteiger partial charge is 0.443 e. The average molecular weight is 187 g/mol. The Hall–Kier alpha value is -0.770. The quantitative estimate of drug-likeness (QED) is 0.708. The molecule has 0 unspecified atom stereocenters. The van der Waals surface area contributed by atoms with Crippen LogP contribution < -0.4 is 5.73 Å². The van der Waals surface area contributed by atoms with Gasteiger partial charge in [0.1, 0.15) is 5.60 Å². The van der Waals surface area contributed by atoms with Crippen LogP contribution in [-0.2, 0) is 9.47 Å². The highest BCUT2D eigenvalue weighted by Crippen LogP contribution is 2.29. The lowest BCUT2D eigenvalue weighted by atomic mass is 9.84. The van der Waals surface area contributed by atoms with E-state index in [0.29, 0.717) is 5.92 Å². The Morgan fingerprint density at radius 1 is 1.46 bits per heavy atom. The number of hydrogen-bond donors (Lipinski definition) is 1. The van der Waals surface area contributed by atoms with Gasteiger partial charge in [0.25, 0.3) is 0 Å². The first-order chi connectivity index (χ1) is 6.02. The van der Waals surface area contributed by atoms with Gasteiger partial charge in [-0.2, -0.15) is 0 Å². The van der Waals surface area contributed by atoms with Crippen molar-refractivity contribution in [1.29, 1.82) is 0 Å². The fraction of sp³-hybridized carbons (Fsp3) is 0.889. The molecule has 1 saturated heterocycles. The van der Waals surface area contributed by atoms with Crippen LogP contribution in [0.4, 0.5) is 4.79 Å². The SMILES string of the molecule is CC(C)(OC(N)=O)C1CCOCC1. The maximum absolute atomic E-state index is 10.6. The molecule has 1 heterocycles. The zero-order valence-corrected chi connectivity index (χ0v) is 8.21. The fourth-order valence-corrected chi connectivity index (χ4v) is 1.74. The van der Waals surface area contributed by atoms with Crippen LogP contribution in [-0.4, -0.2) is 24.9 Å². The van der Waals surface area contributed by atoms with Crippen LogP contribution in [0.25, 0.3) is 0 Å². The molecule has 0 aromatic carbocycles. The lowest BCUT2D eigenvalue weighted by molar-refractivity contribution is -0.0481. The number of carbonyl (C=O) groups is 1. The lowest BCUT2D eigenvalue weighted by Crippen LogP contribution is -2.41. The highest BCUT2D eigenvalue weighted by Gasteiger charge is 2.33. The van der Waals surface area contributed by atoms with Gasteiger partial charge in [-0.25, -0.2) is 4.79 Å². The van der Waals surface area contributed by atoms with Crippen LogP contribution in [0.2, 0.25) is 0 Å². The number of nitrogens with two attached hydrogens (primary N) is 1. The zero-order valence-electron chi connectivity index (χ0n) is 8.21.